The number of thiazole rings is 2. The summed E-state index contributed by atoms with van der Waals surface area (Å²) in [4.78, 5) is 23.6. The van der Waals surface area contributed by atoms with Crippen LogP contribution in [0.2, 0.25) is 0 Å². The summed E-state index contributed by atoms with van der Waals surface area (Å²) in [5.74, 6) is 0.625. The molecule has 0 aromatic carbocycles. The number of piperidine rings is 1. The lowest BCUT2D eigenvalue weighted by atomic mass is 9.95. The summed E-state index contributed by atoms with van der Waals surface area (Å²) in [6, 6.07) is 0. The van der Waals surface area contributed by atoms with Gasteiger partial charge in [0.05, 0.1) is 5.01 Å². The van der Waals surface area contributed by atoms with Crippen molar-refractivity contribution in [2.75, 3.05) is 18.4 Å². The monoisotopic (exact) mass is 350 g/mol. The van der Waals surface area contributed by atoms with Gasteiger partial charge in [0, 0.05) is 48.6 Å². The number of carbonyl (C=O) groups excluding carboxylic acids is 1. The Labute approximate surface area is 144 Å². The number of hydrogen-bond donors (Lipinski definition) is 1. The first-order valence-corrected chi connectivity index (χ1v) is 9.64. The zero-order valence-electron chi connectivity index (χ0n) is 13.5. The molecule has 2 aromatic heterocycles. The molecule has 3 rings (SSSR count). The molecule has 1 amide bonds. The summed E-state index contributed by atoms with van der Waals surface area (Å²) in [7, 11) is 0. The Morgan fingerprint density at radius 1 is 1.52 bits per heavy atom. The highest BCUT2D eigenvalue weighted by Crippen LogP contribution is 2.26. The van der Waals surface area contributed by atoms with E-state index in [0.29, 0.717) is 11.0 Å². The topological polar surface area (TPSA) is 58.1 Å². The molecule has 23 heavy (non-hydrogen) atoms. The van der Waals surface area contributed by atoms with Gasteiger partial charge in [-0.25, -0.2) is 9.97 Å². The third-order valence-electron chi connectivity index (χ3n) is 3.95. The number of likely N-dealkylation sites (tertiary alicyclic amines) is 1. The van der Waals surface area contributed by atoms with Crippen LogP contribution >= 0.6 is 22.7 Å². The molecule has 1 aliphatic rings. The van der Waals surface area contributed by atoms with Crippen LogP contribution in [0.15, 0.2) is 11.6 Å². The van der Waals surface area contributed by atoms with Crippen LogP contribution in [-0.2, 0) is 17.8 Å². The molecule has 3 heterocycles. The molecule has 7 heteroatoms. The predicted molar refractivity (Wildman–Crippen MR) is 95.0 cm³/mol. The van der Waals surface area contributed by atoms with Crippen molar-refractivity contribution in [3.8, 4) is 0 Å². The van der Waals surface area contributed by atoms with Crippen molar-refractivity contribution in [1.82, 2.24) is 14.9 Å². The quantitative estimate of drug-likeness (QED) is 0.899. The number of nitrogens with one attached hydrogen (secondary N) is 1. The summed E-state index contributed by atoms with van der Waals surface area (Å²) in [5, 5.41) is 6.84. The third-order valence-corrected chi connectivity index (χ3v) is 5.84. The standard InChI is InChI=1S/C16H22N4OS2/c1-11-10-22-15(18-11)6-13-4-3-5-20(8-13)9-14-7-17-16(23-14)19-12(2)21/h7,10,13H,3-6,8-9H2,1-2H3,(H,17,19,21)/t13-/m0/s1. The van der Waals surface area contributed by atoms with Gasteiger partial charge in [0.1, 0.15) is 0 Å². The fourth-order valence-corrected chi connectivity index (χ4v) is 4.80. The number of aryl methyl sites for hydroxylation is 1. The summed E-state index contributed by atoms with van der Waals surface area (Å²) in [5.41, 5.74) is 1.13. The van der Waals surface area contributed by atoms with Crippen LogP contribution in [-0.4, -0.2) is 33.9 Å². The number of amides is 1. The maximum Gasteiger partial charge on any atom is 0.223 e. The molecule has 2 aromatic rings. The second-order valence-electron chi connectivity index (χ2n) is 6.14. The third kappa shape index (κ3) is 4.83. The molecule has 0 spiro atoms. The van der Waals surface area contributed by atoms with Gasteiger partial charge in [-0.15, -0.1) is 22.7 Å². The second kappa shape index (κ2) is 7.51. The minimum atomic E-state index is -0.0670. The van der Waals surface area contributed by atoms with Gasteiger partial charge in [-0.05, 0) is 32.2 Å². The maximum atomic E-state index is 11.1. The number of rotatable bonds is 5. The SMILES string of the molecule is CC(=O)Nc1ncc(CN2CCC[C@@H](Cc3nc(C)cs3)C2)s1. The molecule has 1 aliphatic heterocycles. The van der Waals surface area contributed by atoms with Crippen LogP contribution in [0.25, 0.3) is 0 Å². The van der Waals surface area contributed by atoms with E-state index in [0.717, 1.165) is 31.7 Å². The van der Waals surface area contributed by atoms with Gasteiger partial charge in [0.2, 0.25) is 5.91 Å². The van der Waals surface area contributed by atoms with Crippen molar-refractivity contribution < 1.29 is 4.79 Å². The molecule has 0 bridgehead atoms. The van der Waals surface area contributed by atoms with Gasteiger partial charge in [0.15, 0.2) is 5.13 Å². The molecule has 0 aliphatic carbocycles. The molecule has 5 nitrogen and oxygen atoms in total. The number of aromatic nitrogens is 2. The number of nitrogens with zero attached hydrogens (tertiary/aromatic N) is 3. The lowest BCUT2D eigenvalue weighted by Crippen LogP contribution is -2.35. The highest BCUT2D eigenvalue weighted by Gasteiger charge is 2.21. The van der Waals surface area contributed by atoms with Crippen molar-refractivity contribution in [2.45, 2.75) is 39.7 Å². The Morgan fingerprint density at radius 2 is 2.39 bits per heavy atom. The molecule has 1 fully saturated rings. The van der Waals surface area contributed by atoms with Crippen LogP contribution in [0.1, 0.15) is 35.3 Å². The normalized spacial score (nSPS) is 19.0. The number of hydrogen-bond acceptors (Lipinski definition) is 6. The van der Waals surface area contributed by atoms with Gasteiger partial charge in [-0.3, -0.25) is 9.69 Å². The smallest absolute Gasteiger partial charge is 0.223 e. The van der Waals surface area contributed by atoms with Crippen LogP contribution < -0.4 is 5.32 Å². The minimum Gasteiger partial charge on any atom is -0.302 e. The molecule has 0 saturated carbocycles. The van der Waals surface area contributed by atoms with E-state index in [2.05, 4.69) is 32.5 Å². The van der Waals surface area contributed by atoms with Gasteiger partial charge < -0.3 is 5.32 Å². The summed E-state index contributed by atoms with van der Waals surface area (Å²) >= 11 is 3.35. The van der Waals surface area contributed by atoms with Crippen LogP contribution in [0.4, 0.5) is 5.13 Å². The van der Waals surface area contributed by atoms with E-state index in [1.54, 1.807) is 22.7 Å². The first kappa shape index (κ1) is 16.5. The Bertz CT molecular complexity index is 667. The second-order valence-corrected chi connectivity index (χ2v) is 8.20. The fourth-order valence-electron chi connectivity index (χ4n) is 3.01. The number of anilines is 1. The zero-order valence-corrected chi connectivity index (χ0v) is 15.2. The minimum absolute atomic E-state index is 0.0670. The molecule has 0 radical (unpaired) electrons. The molecular formula is C16H22N4OS2. The van der Waals surface area contributed by atoms with Gasteiger partial charge in [-0.2, -0.15) is 0 Å². The Balaban J connectivity index is 1.54. The Hall–Kier alpha value is -1.31. The van der Waals surface area contributed by atoms with Crippen molar-refractivity contribution in [1.29, 1.82) is 0 Å². The predicted octanol–water partition coefficient (Wildman–Crippen LogP) is 3.32. The molecule has 0 unspecified atom stereocenters. The summed E-state index contributed by atoms with van der Waals surface area (Å²) in [6.07, 6.45) is 5.50. The molecule has 1 saturated heterocycles. The fraction of sp³-hybridized carbons (Fsp3) is 0.562. The first-order valence-electron chi connectivity index (χ1n) is 7.94. The lowest BCUT2D eigenvalue weighted by molar-refractivity contribution is -0.114. The highest BCUT2D eigenvalue weighted by molar-refractivity contribution is 7.15. The van der Waals surface area contributed by atoms with E-state index in [-0.39, 0.29) is 5.91 Å². The molecule has 1 N–H and O–H groups in total. The average molecular weight is 351 g/mol. The van der Waals surface area contributed by atoms with Crippen LogP contribution in [0, 0.1) is 12.8 Å². The van der Waals surface area contributed by atoms with E-state index in [9.17, 15) is 4.79 Å². The summed E-state index contributed by atoms with van der Waals surface area (Å²) in [6.45, 7) is 6.75. The van der Waals surface area contributed by atoms with Crippen molar-refractivity contribution in [3.05, 3.63) is 27.2 Å². The van der Waals surface area contributed by atoms with E-state index < -0.39 is 0 Å². The molecule has 1 atom stereocenters. The van der Waals surface area contributed by atoms with E-state index >= 15 is 0 Å². The highest BCUT2D eigenvalue weighted by atomic mass is 32.1. The lowest BCUT2D eigenvalue weighted by Gasteiger charge is -2.31. The van der Waals surface area contributed by atoms with Gasteiger partial charge in [-0.1, -0.05) is 0 Å². The van der Waals surface area contributed by atoms with Crippen molar-refractivity contribution in [2.24, 2.45) is 5.92 Å². The number of carbonyl (C=O) groups is 1. The first-order chi connectivity index (χ1) is 11.1. The Kier molecular flexibility index (Phi) is 5.40. The van der Waals surface area contributed by atoms with Crippen molar-refractivity contribution >= 4 is 33.7 Å². The van der Waals surface area contributed by atoms with E-state index in [1.165, 1.54) is 29.7 Å². The molecule has 124 valence electrons. The van der Waals surface area contributed by atoms with Crippen LogP contribution in [0.3, 0.4) is 0 Å². The summed E-state index contributed by atoms with van der Waals surface area (Å²) < 4.78 is 0. The van der Waals surface area contributed by atoms with E-state index in [1.807, 2.05) is 6.20 Å². The largest absolute Gasteiger partial charge is 0.302 e. The van der Waals surface area contributed by atoms with E-state index in [4.69, 9.17) is 0 Å². The Morgan fingerprint density at radius 3 is 3.13 bits per heavy atom. The van der Waals surface area contributed by atoms with Crippen molar-refractivity contribution in [3.63, 3.8) is 0 Å². The van der Waals surface area contributed by atoms with Crippen LogP contribution in [0.5, 0.6) is 0 Å². The maximum absolute atomic E-state index is 11.1. The van der Waals surface area contributed by atoms with Gasteiger partial charge in [0.25, 0.3) is 0 Å². The molecular weight excluding hydrogens is 328 g/mol. The van der Waals surface area contributed by atoms with Gasteiger partial charge >= 0.3 is 0 Å². The zero-order chi connectivity index (χ0) is 16.2. The average Bonchev–Trinajstić information content (AvgIpc) is 3.08.